The normalized spacial score (nSPS) is 11.0. The molecule has 0 bridgehead atoms. The van der Waals surface area contributed by atoms with Crippen molar-refractivity contribution in [1.29, 1.82) is 0 Å². The third-order valence-electron chi connectivity index (χ3n) is 4.47. The van der Waals surface area contributed by atoms with Gasteiger partial charge in [-0.2, -0.15) is 0 Å². The molecule has 2 heterocycles. The lowest BCUT2D eigenvalue weighted by Crippen LogP contribution is -2.24. The van der Waals surface area contributed by atoms with Crippen LogP contribution in [-0.2, 0) is 16.0 Å². The number of nitrogens with one attached hydrogen (secondary N) is 2. The molecule has 1 aromatic carbocycles. The number of ether oxygens (including phenoxy) is 1. The summed E-state index contributed by atoms with van der Waals surface area (Å²) >= 11 is 0. The van der Waals surface area contributed by atoms with Crippen LogP contribution in [0.25, 0.3) is 22.3 Å². The predicted molar refractivity (Wildman–Crippen MR) is 104 cm³/mol. The van der Waals surface area contributed by atoms with E-state index in [1.807, 2.05) is 18.2 Å². The highest BCUT2D eigenvalue weighted by molar-refractivity contribution is 5.90. The minimum absolute atomic E-state index is 0.0245. The molecule has 0 saturated carbocycles. The molecule has 27 heavy (non-hydrogen) atoms. The second-order valence-corrected chi connectivity index (χ2v) is 6.43. The van der Waals surface area contributed by atoms with E-state index in [0.717, 1.165) is 34.3 Å². The standard InChI is InChI=1S/C21H24FN3O2/c1-27-13-5-12-24-20(26)8-4-6-16-17-14-15(22)9-10-18(17)25-21(16)19-7-2-3-11-23-19/h2-3,7,9-11,14,25H,4-6,8,12-13H2,1H3,(H,24,26). The largest absolute Gasteiger partial charge is 0.385 e. The summed E-state index contributed by atoms with van der Waals surface area (Å²) in [7, 11) is 1.64. The van der Waals surface area contributed by atoms with Crippen LogP contribution in [0, 0.1) is 5.82 Å². The number of aromatic nitrogens is 2. The first-order valence-corrected chi connectivity index (χ1v) is 9.16. The van der Waals surface area contributed by atoms with Crippen molar-refractivity contribution in [2.45, 2.75) is 25.7 Å². The van der Waals surface area contributed by atoms with Crippen LogP contribution in [-0.4, -0.2) is 36.1 Å². The highest BCUT2D eigenvalue weighted by Gasteiger charge is 2.15. The monoisotopic (exact) mass is 369 g/mol. The van der Waals surface area contributed by atoms with E-state index in [4.69, 9.17) is 4.74 Å². The van der Waals surface area contributed by atoms with Crippen LogP contribution in [0.3, 0.4) is 0 Å². The molecule has 0 atom stereocenters. The molecule has 3 rings (SSSR count). The number of aryl methyl sites for hydroxylation is 1. The first kappa shape index (κ1) is 19.0. The van der Waals surface area contributed by atoms with E-state index in [-0.39, 0.29) is 11.7 Å². The minimum atomic E-state index is -0.272. The van der Waals surface area contributed by atoms with Crippen molar-refractivity contribution in [1.82, 2.24) is 15.3 Å². The van der Waals surface area contributed by atoms with Crippen molar-refractivity contribution >= 4 is 16.8 Å². The van der Waals surface area contributed by atoms with E-state index in [2.05, 4.69) is 15.3 Å². The zero-order valence-electron chi connectivity index (χ0n) is 15.4. The number of halogens is 1. The summed E-state index contributed by atoms with van der Waals surface area (Å²) < 4.78 is 18.7. The van der Waals surface area contributed by atoms with Gasteiger partial charge in [0.25, 0.3) is 0 Å². The van der Waals surface area contributed by atoms with Gasteiger partial charge in [-0.15, -0.1) is 0 Å². The molecule has 0 saturated heterocycles. The van der Waals surface area contributed by atoms with Gasteiger partial charge in [0.1, 0.15) is 5.82 Å². The number of hydrogen-bond donors (Lipinski definition) is 2. The Bertz CT molecular complexity index is 893. The highest BCUT2D eigenvalue weighted by atomic mass is 19.1. The van der Waals surface area contributed by atoms with Gasteiger partial charge in [-0.3, -0.25) is 9.78 Å². The molecule has 2 N–H and O–H groups in total. The predicted octanol–water partition coefficient (Wildman–Crippen LogP) is 3.84. The SMILES string of the molecule is COCCCNC(=O)CCCc1c(-c2ccccn2)[nH]c2ccc(F)cc12. The number of benzene rings is 1. The van der Waals surface area contributed by atoms with Gasteiger partial charge in [-0.25, -0.2) is 4.39 Å². The molecular formula is C21H24FN3O2. The molecular weight excluding hydrogens is 345 g/mol. The van der Waals surface area contributed by atoms with Crippen molar-refractivity contribution < 1.29 is 13.9 Å². The molecule has 1 amide bonds. The number of rotatable bonds is 9. The number of aromatic amines is 1. The second kappa shape index (κ2) is 9.28. The van der Waals surface area contributed by atoms with Gasteiger partial charge < -0.3 is 15.0 Å². The van der Waals surface area contributed by atoms with Crippen LogP contribution in [0.15, 0.2) is 42.6 Å². The van der Waals surface area contributed by atoms with Crippen molar-refractivity contribution in [3.8, 4) is 11.4 Å². The molecule has 5 nitrogen and oxygen atoms in total. The molecule has 0 aliphatic rings. The maximum absolute atomic E-state index is 13.8. The van der Waals surface area contributed by atoms with Crippen LogP contribution in [0.5, 0.6) is 0 Å². The quantitative estimate of drug-likeness (QED) is 0.563. The number of amides is 1. The smallest absolute Gasteiger partial charge is 0.220 e. The molecule has 6 heteroatoms. The third kappa shape index (κ3) is 4.92. The van der Waals surface area contributed by atoms with Crippen molar-refractivity contribution in [2.75, 3.05) is 20.3 Å². The Balaban J connectivity index is 1.73. The lowest BCUT2D eigenvalue weighted by atomic mass is 10.0. The Labute approximate surface area is 158 Å². The third-order valence-corrected chi connectivity index (χ3v) is 4.47. The number of carbonyl (C=O) groups excluding carboxylic acids is 1. The van der Waals surface area contributed by atoms with Gasteiger partial charge in [0.05, 0.1) is 11.4 Å². The number of hydrogen-bond acceptors (Lipinski definition) is 3. The summed E-state index contributed by atoms with van der Waals surface area (Å²) in [5, 5.41) is 3.73. The van der Waals surface area contributed by atoms with Crippen LogP contribution >= 0.6 is 0 Å². The van der Waals surface area contributed by atoms with Crippen molar-refractivity contribution in [3.05, 3.63) is 54.0 Å². The number of nitrogens with zero attached hydrogens (tertiary/aromatic N) is 1. The summed E-state index contributed by atoms with van der Waals surface area (Å²) in [6.45, 7) is 1.25. The average Bonchev–Trinajstić information content (AvgIpc) is 3.04. The summed E-state index contributed by atoms with van der Waals surface area (Å²) in [6.07, 6.45) is 4.31. The van der Waals surface area contributed by atoms with Gasteiger partial charge in [-0.05, 0) is 55.2 Å². The molecule has 0 spiro atoms. The summed E-state index contributed by atoms with van der Waals surface area (Å²) in [5.41, 5.74) is 3.57. The lowest BCUT2D eigenvalue weighted by molar-refractivity contribution is -0.121. The fraction of sp³-hybridized carbons (Fsp3) is 0.333. The van der Waals surface area contributed by atoms with Crippen LogP contribution in [0.1, 0.15) is 24.8 Å². The van der Waals surface area contributed by atoms with E-state index in [0.29, 0.717) is 32.4 Å². The highest BCUT2D eigenvalue weighted by Crippen LogP contribution is 2.31. The molecule has 0 aliphatic heterocycles. The van der Waals surface area contributed by atoms with E-state index in [9.17, 15) is 9.18 Å². The maximum Gasteiger partial charge on any atom is 0.220 e. The van der Waals surface area contributed by atoms with Gasteiger partial charge in [-0.1, -0.05) is 6.07 Å². The Kier molecular flexibility index (Phi) is 6.54. The fourth-order valence-corrected chi connectivity index (χ4v) is 3.17. The van der Waals surface area contributed by atoms with E-state index in [1.165, 1.54) is 6.07 Å². The molecule has 0 fully saturated rings. The van der Waals surface area contributed by atoms with E-state index >= 15 is 0 Å². The molecule has 2 aromatic heterocycles. The van der Waals surface area contributed by atoms with Gasteiger partial charge in [0, 0.05) is 43.8 Å². The van der Waals surface area contributed by atoms with Gasteiger partial charge in [0.2, 0.25) is 5.91 Å². The zero-order valence-corrected chi connectivity index (χ0v) is 15.4. The molecule has 0 unspecified atom stereocenters. The zero-order chi connectivity index (χ0) is 19.1. The van der Waals surface area contributed by atoms with Crippen molar-refractivity contribution in [3.63, 3.8) is 0 Å². The Morgan fingerprint density at radius 1 is 1.26 bits per heavy atom. The number of carbonyl (C=O) groups is 1. The summed E-state index contributed by atoms with van der Waals surface area (Å²) in [4.78, 5) is 19.7. The lowest BCUT2D eigenvalue weighted by Gasteiger charge is -2.06. The van der Waals surface area contributed by atoms with E-state index < -0.39 is 0 Å². The molecule has 0 aliphatic carbocycles. The Hall–Kier alpha value is -2.73. The average molecular weight is 369 g/mol. The van der Waals surface area contributed by atoms with Gasteiger partial charge in [0.15, 0.2) is 0 Å². The number of H-pyrrole nitrogens is 1. The van der Waals surface area contributed by atoms with Gasteiger partial charge >= 0.3 is 0 Å². The molecule has 142 valence electrons. The molecule has 0 radical (unpaired) electrons. The minimum Gasteiger partial charge on any atom is -0.385 e. The van der Waals surface area contributed by atoms with Crippen molar-refractivity contribution in [2.24, 2.45) is 0 Å². The van der Waals surface area contributed by atoms with Crippen LogP contribution in [0.4, 0.5) is 4.39 Å². The summed E-state index contributed by atoms with van der Waals surface area (Å²) in [6, 6.07) is 10.4. The van der Waals surface area contributed by atoms with Crippen LogP contribution < -0.4 is 5.32 Å². The first-order valence-electron chi connectivity index (χ1n) is 9.16. The number of methoxy groups -OCH3 is 1. The fourth-order valence-electron chi connectivity index (χ4n) is 3.17. The van der Waals surface area contributed by atoms with Crippen LogP contribution in [0.2, 0.25) is 0 Å². The second-order valence-electron chi connectivity index (χ2n) is 6.43. The topological polar surface area (TPSA) is 67.0 Å². The first-order chi connectivity index (χ1) is 13.2. The number of pyridine rings is 1. The molecule has 3 aromatic rings. The Morgan fingerprint density at radius 3 is 2.93 bits per heavy atom. The maximum atomic E-state index is 13.8. The number of fused-ring (bicyclic) bond motifs is 1. The van der Waals surface area contributed by atoms with E-state index in [1.54, 1.807) is 25.4 Å². The summed E-state index contributed by atoms with van der Waals surface area (Å²) in [5.74, 6) is -0.247. The Morgan fingerprint density at radius 2 is 2.15 bits per heavy atom.